The molecule has 0 unspecified atom stereocenters. The number of para-hydroxylation sites is 1. The van der Waals surface area contributed by atoms with Gasteiger partial charge in [0.25, 0.3) is 5.91 Å². The molecule has 166 valence electrons. The van der Waals surface area contributed by atoms with Crippen molar-refractivity contribution in [1.82, 2.24) is 5.32 Å². The zero-order chi connectivity index (χ0) is 23.2. The number of anilines is 2. The second kappa shape index (κ2) is 10.1. The van der Waals surface area contributed by atoms with Crippen LogP contribution in [0.1, 0.15) is 22.8 Å². The monoisotopic (exact) mass is 445 g/mol. The van der Waals surface area contributed by atoms with Crippen molar-refractivity contribution in [3.05, 3.63) is 66.2 Å². The molecule has 0 heterocycles. The highest BCUT2D eigenvalue weighted by Gasteiger charge is 2.32. The van der Waals surface area contributed by atoms with Gasteiger partial charge in [0.1, 0.15) is 11.8 Å². The first-order valence-electron chi connectivity index (χ1n) is 9.53. The topological polar surface area (TPSA) is 105 Å². The lowest BCUT2D eigenvalue weighted by Crippen LogP contribution is -2.45. The largest absolute Gasteiger partial charge is 0.495 e. The number of nitrogens with one attached hydrogen (secondary N) is 2. The maximum atomic E-state index is 13.0. The van der Waals surface area contributed by atoms with Gasteiger partial charge in [-0.15, -0.1) is 6.58 Å². The molecule has 0 aliphatic carbocycles. The van der Waals surface area contributed by atoms with Crippen LogP contribution < -0.4 is 19.7 Å². The molecule has 2 aromatic rings. The summed E-state index contributed by atoms with van der Waals surface area (Å²) in [6.45, 7) is 7.11. The van der Waals surface area contributed by atoms with Crippen LogP contribution in [-0.2, 0) is 14.8 Å². The molecule has 0 bridgehead atoms. The zero-order valence-corrected chi connectivity index (χ0v) is 18.8. The van der Waals surface area contributed by atoms with Gasteiger partial charge in [-0.25, -0.2) is 8.42 Å². The molecule has 0 aliphatic rings. The van der Waals surface area contributed by atoms with Crippen LogP contribution in [0.3, 0.4) is 0 Å². The maximum Gasteiger partial charge on any atom is 0.253 e. The molecule has 2 aromatic carbocycles. The van der Waals surface area contributed by atoms with Gasteiger partial charge < -0.3 is 15.4 Å². The molecular weight excluding hydrogens is 418 g/mol. The van der Waals surface area contributed by atoms with E-state index in [2.05, 4.69) is 17.2 Å². The Labute approximate surface area is 183 Å². The van der Waals surface area contributed by atoms with Crippen LogP contribution >= 0.6 is 0 Å². The van der Waals surface area contributed by atoms with Crippen molar-refractivity contribution in [2.75, 3.05) is 29.5 Å². The number of aryl methyl sites for hydroxylation is 1. The number of methoxy groups -OCH3 is 1. The highest BCUT2D eigenvalue weighted by molar-refractivity contribution is 7.92. The summed E-state index contributed by atoms with van der Waals surface area (Å²) in [4.78, 5) is 25.4. The SMILES string of the molecule is C=CCNC(=O)c1ccccc1NC(=O)[C@@H](C)N(c1cc(C)ccc1OC)S(C)(=O)=O. The van der Waals surface area contributed by atoms with E-state index in [1.807, 2.05) is 6.92 Å². The molecule has 0 radical (unpaired) electrons. The first-order chi connectivity index (χ1) is 14.6. The molecule has 8 nitrogen and oxygen atoms in total. The lowest BCUT2D eigenvalue weighted by Gasteiger charge is -2.29. The fourth-order valence-corrected chi connectivity index (χ4v) is 4.21. The van der Waals surface area contributed by atoms with E-state index in [1.165, 1.54) is 14.0 Å². The first kappa shape index (κ1) is 23.9. The summed E-state index contributed by atoms with van der Waals surface area (Å²) in [6, 6.07) is 10.4. The van der Waals surface area contributed by atoms with E-state index < -0.39 is 22.0 Å². The number of hydrogen-bond donors (Lipinski definition) is 2. The molecule has 0 saturated heterocycles. The van der Waals surface area contributed by atoms with Crippen molar-refractivity contribution in [2.45, 2.75) is 19.9 Å². The molecule has 0 aliphatic heterocycles. The van der Waals surface area contributed by atoms with E-state index in [-0.39, 0.29) is 29.4 Å². The smallest absolute Gasteiger partial charge is 0.253 e. The highest BCUT2D eigenvalue weighted by atomic mass is 32.2. The first-order valence-corrected chi connectivity index (χ1v) is 11.4. The van der Waals surface area contributed by atoms with Gasteiger partial charge in [0.2, 0.25) is 15.9 Å². The minimum atomic E-state index is -3.84. The van der Waals surface area contributed by atoms with Crippen molar-refractivity contribution < 1.29 is 22.7 Å². The fraction of sp³-hybridized carbons (Fsp3) is 0.273. The molecule has 2 rings (SSSR count). The lowest BCUT2D eigenvalue weighted by molar-refractivity contribution is -0.116. The Morgan fingerprint density at radius 1 is 1.23 bits per heavy atom. The number of hydrogen-bond acceptors (Lipinski definition) is 5. The van der Waals surface area contributed by atoms with Crippen LogP contribution in [0.4, 0.5) is 11.4 Å². The third-order valence-electron chi connectivity index (χ3n) is 4.50. The second-order valence-corrected chi connectivity index (χ2v) is 8.80. The van der Waals surface area contributed by atoms with Crippen LogP contribution in [0.5, 0.6) is 5.75 Å². The van der Waals surface area contributed by atoms with Crippen molar-refractivity contribution in [3.8, 4) is 5.75 Å². The molecule has 9 heteroatoms. The number of amides is 2. The average Bonchev–Trinajstić information content (AvgIpc) is 2.71. The van der Waals surface area contributed by atoms with Crippen LogP contribution in [0.2, 0.25) is 0 Å². The van der Waals surface area contributed by atoms with Crippen molar-refractivity contribution in [2.24, 2.45) is 0 Å². The minimum absolute atomic E-state index is 0.254. The summed E-state index contributed by atoms with van der Waals surface area (Å²) in [5.74, 6) is -0.665. The number of sulfonamides is 1. The van der Waals surface area contributed by atoms with Gasteiger partial charge in [0.05, 0.1) is 30.3 Å². The molecule has 2 amide bonds. The summed E-state index contributed by atoms with van der Waals surface area (Å²) < 4.78 is 31.6. The van der Waals surface area contributed by atoms with Crippen LogP contribution in [-0.4, -0.2) is 46.2 Å². The van der Waals surface area contributed by atoms with Gasteiger partial charge >= 0.3 is 0 Å². The predicted molar refractivity (Wildman–Crippen MR) is 122 cm³/mol. The molecule has 2 N–H and O–H groups in total. The Kier molecular flexibility index (Phi) is 7.82. The molecule has 0 spiro atoms. The van der Waals surface area contributed by atoms with Crippen molar-refractivity contribution in [1.29, 1.82) is 0 Å². The minimum Gasteiger partial charge on any atom is -0.495 e. The number of carbonyl (C=O) groups excluding carboxylic acids is 2. The second-order valence-electron chi connectivity index (χ2n) is 6.94. The van der Waals surface area contributed by atoms with Gasteiger partial charge in [-0.05, 0) is 43.7 Å². The summed E-state index contributed by atoms with van der Waals surface area (Å²) >= 11 is 0. The molecule has 31 heavy (non-hydrogen) atoms. The molecule has 1 atom stereocenters. The quantitative estimate of drug-likeness (QED) is 0.578. The van der Waals surface area contributed by atoms with Crippen LogP contribution in [0.15, 0.2) is 55.1 Å². The third-order valence-corrected chi connectivity index (χ3v) is 5.72. The summed E-state index contributed by atoms with van der Waals surface area (Å²) in [5, 5.41) is 5.32. The van der Waals surface area contributed by atoms with Crippen LogP contribution in [0.25, 0.3) is 0 Å². The number of ether oxygens (including phenoxy) is 1. The molecule has 0 aromatic heterocycles. The number of rotatable bonds is 9. The Bertz CT molecular complexity index is 1080. The van der Waals surface area contributed by atoms with E-state index in [4.69, 9.17) is 4.74 Å². The Morgan fingerprint density at radius 3 is 2.52 bits per heavy atom. The summed E-state index contributed by atoms with van der Waals surface area (Å²) in [6.07, 6.45) is 2.57. The van der Waals surface area contributed by atoms with Crippen LogP contribution in [0, 0.1) is 6.92 Å². The Morgan fingerprint density at radius 2 is 1.90 bits per heavy atom. The fourth-order valence-electron chi connectivity index (χ4n) is 3.04. The van der Waals surface area contributed by atoms with E-state index in [0.717, 1.165) is 16.1 Å². The zero-order valence-electron chi connectivity index (χ0n) is 18.0. The van der Waals surface area contributed by atoms with Gasteiger partial charge in [0, 0.05) is 6.54 Å². The summed E-state index contributed by atoms with van der Waals surface area (Å²) in [7, 11) is -2.41. The van der Waals surface area contributed by atoms with E-state index in [0.29, 0.717) is 5.75 Å². The lowest BCUT2D eigenvalue weighted by atomic mass is 10.1. The number of carbonyl (C=O) groups is 2. The van der Waals surface area contributed by atoms with Gasteiger partial charge in [0.15, 0.2) is 0 Å². The van der Waals surface area contributed by atoms with Gasteiger partial charge in [-0.3, -0.25) is 13.9 Å². The van der Waals surface area contributed by atoms with Crippen molar-refractivity contribution >= 4 is 33.2 Å². The number of benzene rings is 2. The maximum absolute atomic E-state index is 13.0. The molecule has 0 fully saturated rings. The standard InChI is InChI=1S/C22H27N3O5S/c1-6-13-23-22(27)17-9-7-8-10-18(17)24-21(26)16(3)25(31(5,28)29)19-14-15(2)11-12-20(19)30-4/h6-12,14,16H,1,13H2,2-5H3,(H,23,27)(H,24,26)/t16-/m1/s1. The number of nitrogens with zero attached hydrogens (tertiary/aromatic N) is 1. The third kappa shape index (κ3) is 5.85. The molecular formula is C22H27N3O5S. The molecule has 0 saturated carbocycles. The highest BCUT2D eigenvalue weighted by Crippen LogP contribution is 2.33. The summed E-state index contributed by atoms with van der Waals surface area (Å²) in [5.41, 5.74) is 1.58. The predicted octanol–water partition coefficient (Wildman–Crippen LogP) is 2.71. The van der Waals surface area contributed by atoms with E-state index >= 15 is 0 Å². The average molecular weight is 446 g/mol. The van der Waals surface area contributed by atoms with E-state index in [1.54, 1.807) is 48.5 Å². The van der Waals surface area contributed by atoms with E-state index in [9.17, 15) is 18.0 Å². The van der Waals surface area contributed by atoms with Crippen molar-refractivity contribution in [3.63, 3.8) is 0 Å². The Balaban J connectivity index is 2.40. The van der Waals surface area contributed by atoms with Gasteiger partial charge in [-0.2, -0.15) is 0 Å². The van der Waals surface area contributed by atoms with Gasteiger partial charge in [-0.1, -0.05) is 24.3 Å². The Hall–Kier alpha value is -3.33. The normalized spacial score (nSPS) is 11.9.